The van der Waals surface area contributed by atoms with Crippen LogP contribution in [0, 0.1) is 0 Å². The van der Waals surface area contributed by atoms with Crippen LogP contribution in [0.25, 0.3) is 11.2 Å². The Bertz CT molecular complexity index is 2270. The minimum absolute atomic E-state index is 0. The molecule has 320 valence electrons. The van der Waals surface area contributed by atoms with E-state index in [2.05, 4.69) is 40.0 Å². The summed E-state index contributed by atoms with van der Waals surface area (Å²) in [5.74, 6) is -1.05. The van der Waals surface area contributed by atoms with Gasteiger partial charge in [-0.05, 0) is 83.3 Å². The monoisotopic (exact) mass is 926 g/mol. The van der Waals surface area contributed by atoms with Gasteiger partial charge in [0.25, 0.3) is 11.8 Å². The number of amides is 3. The molecule has 1 aromatic carbocycles. The van der Waals surface area contributed by atoms with Gasteiger partial charge in [0.1, 0.15) is 47.9 Å². The number of esters is 1. The van der Waals surface area contributed by atoms with Crippen LogP contribution in [0.5, 0.6) is 5.75 Å². The first kappa shape index (κ1) is 44.4. The molecule has 1 saturated carbocycles. The molecule has 2 fully saturated rings. The summed E-state index contributed by atoms with van der Waals surface area (Å²) in [6.07, 6.45) is 6.38. The Morgan fingerprint density at radius 3 is 2.62 bits per heavy atom. The number of aryl methyl sites for hydroxylation is 1. The first-order chi connectivity index (χ1) is 28.4. The second-order valence-electron chi connectivity index (χ2n) is 15.0. The van der Waals surface area contributed by atoms with E-state index in [4.69, 9.17) is 19.0 Å². The van der Waals surface area contributed by atoms with E-state index in [1.165, 1.54) is 29.5 Å². The zero-order chi connectivity index (χ0) is 41.7. The smallest absolute Gasteiger partial charge is 0.414 e. The number of oxime groups is 1. The molecule has 3 aromatic heterocycles. The Labute approximate surface area is 365 Å². The first-order valence-corrected chi connectivity index (χ1v) is 21.1. The fraction of sp³-hybridized carbons (Fsp3) is 0.462. The van der Waals surface area contributed by atoms with Crippen LogP contribution in [0.15, 0.2) is 65.3 Å². The number of methoxy groups -OCH3 is 1. The lowest BCUT2D eigenvalue weighted by molar-refractivity contribution is -0.665. The quantitative estimate of drug-likeness (QED) is 0.0331. The molecule has 1 aliphatic carbocycles. The molecule has 1 saturated heterocycles. The number of aromatic nitrogens is 5. The van der Waals surface area contributed by atoms with Crippen LogP contribution < -0.4 is 42.2 Å². The van der Waals surface area contributed by atoms with Crippen LogP contribution >= 0.6 is 23.3 Å². The number of anilines is 1. The summed E-state index contributed by atoms with van der Waals surface area (Å²) in [5.41, 5.74) is 2.19. The molecular weight excluding hydrogens is 881 g/mol. The Morgan fingerprint density at radius 2 is 1.90 bits per heavy atom. The predicted molar refractivity (Wildman–Crippen MR) is 218 cm³/mol. The van der Waals surface area contributed by atoms with Crippen molar-refractivity contribution in [3.63, 3.8) is 0 Å². The number of carbonyl (C=O) groups is 4. The number of fused-ring (bicyclic) bond motifs is 2. The molecule has 18 nitrogen and oxygen atoms in total. The number of nitrogens with one attached hydrogen (secondary N) is 3. The summed E-state index contributed by atoms with van der Waals surface area (Å²) in [4.78, 5) is 69.8. The number of rotatable bonds is 17. The number of carbonyl (C=O) groups excluding carboxylic acids is 4. The van der Waals surface area contributed by atoms with Gasteiger partial charge in [-0.25, -0.2) is 14.2 Å². The lowest BCUT2D eigenvalue weighted by atomic mass is 10.0. The van der Waals surface area contributed by atoms with Gasteiger partial charge in [0, 0.05) is 28.9 Å². The molecule has 3 amide bonds. The van der Waals surface area contributed by atoms with Crippen molar-refractivity contribution in [1.29, 1.82) is 0 Å². The third-order valence-electron chi connectivity index (χ3n) is 9.38. The van der Waals surface area contributed by atoms with E-state index in [-0.39, 0.29) is 59.1 Å². The van der Waals surface area contributed by atoms with Crippen LogP contribution in [0.1, 0.15) is 58.3 Å². The number of hydrogen-bond donors (Lipinski definition) is 3. The lowest BCUT2D eigenvalue weighted by Crippen LogP contribution is -3.00. The molecule has 3 N–H and O–H groups in total. The number of hydrogen-bond acceptors (Lipinski definition) is 15. The van der Waals surface area contributed by atoms with E-state index in [0.29, 0.717) is 23.1 Å². The average Bonchev–Trinajstić information content (AvgIpc) is 3.83. The van der Waals surface area contributed by atoms with E-state index in [1.54, 1.807) is 65.3 Å². The summed E-state index contributed by atoms with van der Waals surface area (Å²) in [6, 6.07) is 10.7. The van der Waals surface area contributed by atoms with Gasteiger partial charge in [-0.3, -0.25) is 24.4 Å². The predicted octanol–water partition coefficient (Wildman–Crippen LogP) is 0.515. The number of β-lactam (4-membered cyclic amide) rings is 1. The van der Waals surface area contributed by atoms with Gasteiger partial charge in [-0.1, -0.05) is 17.3 Å². The van der Waals surface area contributed by atoms with Crippen molar-refractivity contribution in [2.24, 2.45) is 5.16 Å². The number of thioether (sulfide) groups is 1. The molecule has 2 aliphatic heterocycles. The number of benzene rings is 1. The van der Waals surface area contributed by atoms with Crippen molar-refractivity contribution in [2.75, 3.05) is 31.3 Å². The molecule has 7 rings (SSSR count). The van der Waals surface area contributed by atoms with Gasteiger partial charge in [0.15, 0.2) is 11.8 Å². The topological polar surface area (TPSA) is 204 Å². The normalized spacial score (nSPS) is 17.6. The number of halogens is 1. The van der Waals surface area contributed by atoms with Crippen LogP contribution in [0.3, 0.4) is 0 Å². The molecule has 3 aliphatic rings. The minimum Gasteiger partial charge on any atom is -1.00 e. The Kier molecular flexibility index (Phi) is 14.4. The molecule has 0 spiro atoms. The van der Waals surface area contributed by atoms with Gasteiger partial charge >= 0.3 is 17.7 Å². The summed E-state index contributed by atoms with van der Waals surface area (Å²) in [5, 5.41) is 12.2. The van der Waals surface area contributed by atoms with Crippen molar-refractivity contribution in [2.45, 2.75) is 89.7 Å². The van der Waals surface area contributed by atoms with Crippen molar-refractivity contribution in [1.82, 2.24) is 34.4 Å². The first-order valence-electron chi connectivity index (χ1n) is 19.3. The summed E-state index contributed by atoms with van der Waals surface area (Å²) >= 11 is 2.23. The number of imidazole rings is 1. The average molecular weight is 928 g/mol. The van der Waals surface area contributed by atoms with Crippen LogP contribution in [-0.2, 0) is 48.4 Å². The van der Waals surface area contributed by atoms with Crippen LogP contribution in [0.2, 0.25) is 0 Å². The van der Waals surface area contributed by atoms with Crippen molar-refractivity contribution < 1.29 is 59.8 Å². The zero-order valence-corrected chi connectivity index (χ0v) is 37.0. The maximum Gasteiger partial charge on any atom is 0.414 e. The van der Waals surface area contributed by atoms with E-state index in [0.717, 1.165) is 47.8 Å². The van der Waals surface area contributed by atoms with E-state index >= 15 is 0 Å². The molecule has 21 heteroatoms. The minimum atomic E-state index is -1.02. The molecule has 2 atom stereocenters. The van der Waals surface area contributed by atoms with Crippen molar-refractivity contribution >= 4 is 69.2 Å². The van der Waals surface area contributed by atoms with Gasteiger partial charge in [0.05, 0.1) is 20.2 Å². The lowest BCUT2D eigenvalue weighted by Gasteiger charge is -2.49. The zero-order valence-electron chi connectivity index (χ0n) is 33.8. The van der Waals surface area contributed by atoms with E-state index in [9.17, 15) is 19.2 Å². The molecule has 60 heavy (non-hydrogen) atoms. The second-order valence-corrected chi connectivity index (χ2v) is 16.9. The highest BCUT2D eigenvalue weighted by Crippen LogP contribution is 2.41. The maximum atomic E-state index is 14.1. The third kappa shape index (κ3) is 10.6. The van der Waals surface area contributed by atoms with Crippen LogP contribution in [0.4, 0.5) is 9.93 Å². The second kappa shape index (κ2) is 19.5. The molecule has 5 heterocycles. The summed E-state index contributed by atoms with van der Waals surface area (Å²) in [7, 11) is 1.57. The fourth-order valence-corrected chi connectivity index (χ4v) is 8.37. The molecule has 4 aromatic rings. The summed E-state index contributed by atoms with van der Waals surface area (Å²) in [6.45, 7) is 8.92. The maximum absolute atomic E-state index is 14.1. The molecule has 0 radical (unpaired) electrons. The van der Waals surface area contributed by atoms with Crippen LogP contribution in [-0.4, -0.2) is 102 Å². The fourth-order valence-electron chi connectivity index (χ4n) is 6.48. The van der Waals surface area contributed by atoms with Gasteiger partial charge in [-0.15, -0.1) is 16.7 Å². The highest BCUT2D eigenvalue weighted by molar-refractivity contribution is 8.00. The number of nitrogens with zero attached hydrogens (tertiary/aromatic N) is 7. The van der Waals surface area contributed by atoms with Crippen molar-refractivity contribution in [3.8, 4) is 5.75 Å². The van der Waals surface area contributed by atoms with Gasteiger partial charge in [-0.2, -0.15) is 9.36 Å². The molecule has 2 unspecified atom stereocenters. The SMILES string of the molecule is CCO/N=C(\C(=O)NC1C(=O)N2C(C(=O)OCc3ccc(OC)cc3)=C(C[n+]3cn(CCCNC4CC4)c4cccnc43)CSC12)c1nsc(NC(=O)OC(C)(C)C)n1.[Br-]. The third-order valence-corrected chi connectivity index (χ3v) is 11.3. The Morgan fingerprint density at radius 1 is 1.12 bits per heavy atom. The largest absolute Gasteiger partial charge is 1.00 e. The highest BCUT2D eigenvalue weighted by atomic mass is 79.9. The highest BCUT2D eigenvalue weighted by Gasteiger charge is 2.55. The molecular formula is C39H47BrN10O8S2. The van der Waals surface area contributed by atoms with Gasteiger partial charge < -0.3 is 46.7 Å². The molecule has 0 bridgehead atoms. The van der Waals surface area contributed by atoms with Gasteiger partial charge in [0.2, 0.25) is 16.7 Å². The van der Waals surface area contributed by atoms with Crippen molar-refractivity contribution in [3.05, 3.63) is 71.6 Å². The summed E-state index contributed by atoms with van der Waals surface area (Å²) < 4.78 is 24.7. The number of ether oxygens (including phenoxy) is 3. The van der Waals surface area contributed by atoms with E-state index < -0.39 is 40.9 Å². The standard InChI is InChI=1S/C39H46N10O8S2.BrH/c1-6-56-45-28(31-43-37(59-46-31)44-38(53)57-39(2,3)4)33(50)42-29-34(51)49-30(36(52)55-20-23-10-14-26(54-5)15-11-23)24(21-58-35(29)49)19-48-22-47(18-8-17-40-25-12-13-25)27-9-7-16-41-32(27)48;/h7,9-11,14-16,22,25,29,35,40H,6,8,12-13,17-21H2,1-5H3,(H-,42,43,44,46,50,53);1H/b45-28-;. The Balaban J connectivity index is 0.00000604. The Hall–Kier alpha value is -5.12. The van der Waals surface area contributed by atoms with E-state index in [1.807, 2.05) is 23.0 Å². The number of pyridine rings is 1.